The lowest BCUT2D eigenvalue weighted by Crippen LogP contribution is -2.48. The van der Waals surface area contributed by atoms with Gasteiger partial charge in [-0.25, -0.2) is 0 Å². The molecular weight excluding hydrogens is 220 g/mol. The molecule has 104 valence electrons. The van der Waals surface area contributed by atoms with Crippen molar-refractivity contribution >= 4 is 0 Å². The number of nitrogens with one attached hydrogen (secondary N) is 2. The molecule has 2 heteroatoms. The maximum absolute atomic E-state index is 3.96. The second-order valence-electron chi connectivity index (χ2n) is 6.99. The summed E-state index contributed by atoms with van der Waals surface area (Å²) in [5.74, 6) is 0.911. The zero-order valence-electron chi connectivity index (χ0n) is 12.0. The molecule has 3 rings (SSSR count). The summed E-state index contributed by atoms with van der Waals surface area (Å²) in [7, 11) is 0. The fourth-order valence-electron chi connectivity index (χ4n) is 4.15. The molecule has 1 heterocycles. The second kappa shape index (κ2) is 5.50. The Kier molecular flexibility index (Phi) is 3.95. The Labute approximate surface area is 112 Å². The third-order valence-electron chi connectivity index (χ3n) is 5.88. The summed E-state index contributed by atoms with van der Waals surface area (Å²) >= 11 is 0. The molecule has 1 saturated heterocycles. The molecule has 0 aromatic carbocycles. The summed E-state index contributed by atoms with van der Waals surface area (Å²) in [4.78, 5) is 0. The van der Waals surface area contributed by atoms with E-state index in [1.54, 1.807) is 0 Å². The normalized spacial score (nSPS) is 38.8. The van der Waals surface area contributed by atoms with Crippen LogP contribution in [-0.2, 0) is 0 Å². The highest BCUT2D eigenvalue weighted by atomic mass is 15.0. The third-order valence-corrected chi connectivity index (χ3v) is 5.88. The van der Waals surface area contributed by atoms with E-state index in [-0.39, 0.29) is 0 Å². The van der Waals surface area contributed by atoms with Crippen LogP contribution in [0.25, 0.3) is 0 Å². The average molecular weight is 250 g/mol. The van der Waals surface area contributed by atoms with Crippen LogP contribution in [0.15, 0.2) is 0 Å². The van der Waals surface area contributed by atoms with Crippen LogP contribution in [0.3, 0.4) is 0 Å². The van der Waals surface area contributed by atoms with Crippen molar-refractivity contribution in [2.45, 2.75) is 76.8 Å². The SMILES string of the molecule is CCC1(CNC2CCCCC2C2CCCN2)CC1. The quantitative estimate of drug-likeness (QED) is 0.783. The molecule has 1 aliphatic heterocycles. The molecule has 2 aliphatic carbocycles. The van der Waals surface area contributed by atoms with Crippen molar-refractivity contribution in [3.05, 3.63) is 0 Å². The molecule has 0 aromatic rings. The summed E-state index contributed by atoms with van der Waals surface area (Å²) in [5.41, 5.74) is 0.700. The topological polar surface area (TPSA) is 24.1 Å². The Bertz CT molecular complexity index is 266. The molecule has 3 aliphatic rings. The highest BCUT2D eigenvalue weighted by Gasteiger charge is 2.41. The molecule has 0 aromatic heterocycles. The maximum atomic E-state index is 3.96. The average Bonchev–Trinajstić information content (AvgIpc) is 3.00. The van der Waals surface area contributed by atoms with Gasteiger partial charge in [0.05, 0.1) is 0 Å². The molecule has 0 radical (unpaired) electrons. The molecule has 2 N–H and O–H groups in total. The molecule has 3 fully saturated rings. The van der Waals surface area contributed by atoms with Crippen LogP contribution in [0.4, 0.5) is 0 Å². The van der Waals surface area contributed by atoms with Gasteiger partial charge < -0.3 is 10.6 Å². The fourth-order valence-corrected chi connectivity index (χ4v) is 4.15. The lowest BCUT2D eigenvalue weighted by Gasteiger charge is -2.37. The van der Waals surface area contributed by atoms with Crippen molar-refractivity contribution in [1.82, 2.24) is 10.6 Å². The van der Waals surface area contributed by atoms with Crippen molar-refractivity contribution < 1.29 is 0 Å². The van der Waals surface area contributed by atoms with Crippen LogP contribution in [0.2, 0.25) is 0 Å². The highest BCUT2D eigenvalue weighted by molar-refractivity contribution is 4.97. The van der Waals surface area contributed by atoms with Crippen LogP contribution in [0.5, 0.6) is 0 Å². The fraction of sp³-hybridized carbons (Fsp3) is 1.00. The van der Waals surface area contributed by atoms with E-state index in [1.807, 2.05) is 0 Å². The molecular formula is C16H30N2. The Morgan fingerprint density at radius 2 is 1.94 bits per heavy atom. The van der Waals surface area contributed by atoms with Gasteiger partial charge in [0.1, 0.15) is 0 Å². The predicted octanol–water partition coefficient (Wildman–Crippen LogP) is 3.08. The zero-order valence-corrected chi connectivity index (χ0v) is 12.0. The first kappa shape index (κ1) is 12.9. The predicted molar refractivity (Wildman–Crippen MR) is 76.7 cm³/mol. The van der Waals surface area contributed by atoms with Crippen molar-refractivity contribution in [3.63, 3.8) is 0 Å². The van der Waals surface area contributed by atoms with E-state index < -0.39 is 0 Å². The minimum atomic E-state index is 0.700. The first-order valence-corrected chi connectivity index (χ1v) is 8.30. The largest absolute Gasteiger partial charge is 0.314 e. The number of hydrogen-bond acceptors (Lipinski definition) is 2. The number of rotatable bonds is 5. The maximum Gasteiger partial charge on any atom is 0.0111 e. The van der Waals surface area contributed by atoms with E-state index >= 15 is 0 Å². The van der Waals surface area contributed by atoms with Crippen molar-refractivity contribution in [2.75, 3.05) is 13.1 Å². The molecule has 0 spiro atoms. The molecule has 0 bridgehead atoms. The van der Waals surface area contributed by atoms with E-state index in [0.717, 1.165) is 18.0 Å². The van der Waals surface area contributed by atoms with Crippen LogP contribution in [0, 0.1) is 11.3 Å². The zero-order chi connectivity index (χ0) is 12.4. The second-order valence-corrected chi connectivity index (χ2v) is 6.99. The summed E-state index contributed by atoms with van der Waals surface area (Å²) in [6.07, 6.45) is 12.9. The Morgan fingerprint density at radius 1 is 1.11 bits per heavy atom. The van der Waals surface area contributed by atoms with Gasteiger partial charge in [-0.1, -0.05) is 19.8 Å². The first-order chi connectivity index (χ1) is 8.83. The van der Waals surface area contributed by atoms with Crippen LogP contribution in [0.1, 0.15) is 64.7 Å². The monoisotopic (exact) mass is 250 g/mol. The molecule has 2 nitrogen and oxygen atoms in total. The van der Waals surface area contributed by atoms with Gasteiger partial charge in [0.15, 0.2) is 0 Å². The van der Waals surface area contributed by atoms with Gasteiger partial charge in [-0.3, -0.25) is 0 Å². The molecule has 18 heavy (non-hydrogen) atoms. The molecule has 0 amide bonds. The van der Waals surface area contributed by atoms with Crippen molar-refractivity contribution in [1.29, 1.82) is 0 Å². The van der Waals surface area contributed by atoms with Crippen LogP contribution in [-0.4, -0.2) is 25.2 Å². The van der Waals surface area contributed by atoms with Crippen molar-refractivity contribution in [3.8, 4) is 0 Å². The Hall–Kier alpha value is -0.0800. The highest BCUT2D eigenvalue weighted by Crippen LogP contribution is 2.48. The van der Waals surface area contributed by atoms with Gasteiger partial charge in [-0.05, 0) is 62.8 Å². The van der Waals surface area contributed by atoms with E-state index in [4.69, 9.17) is 0 Å². The van der Waals surface area contributed by atoms with E-state index in [2.05, 4.69) is 17.6 Å². The summed E-state index contributed by atoms with van der Waals surface area (Å²) < 4.78 is 0. The lowest BCUT2D eigenvalue weighted by atomic mass is 9.79. The van der Waals surface area contributed by atoms with Gasteiger partial charge in [0, 0.05) is 18.6 Å². The van der Waals surface area contributed by atoms with Gasteiger partial charge in [-0.15, -0.1) is 0 Å². The van der Waals surface area contributed by atoms with Gasteiger partial charge in [-0.2, -0.15) is 0 Å². The van der Waals surface area contributed by atoms with E-state index in [9.17, 15) is 0 Å². The van der Waals surface area contributed by atoms with Gasteiger partial charge >= 0.3 is 0 Å². The lowest BCUT2D eigenvalue weighted by molar-refractivity contribution is 0.205. The van der Waals surface area contributed by atoms with Crippen LogP contribution < -0.4 is 10.6 Å². The Balaban J connectivity index is 1.54. The Morgan fingerprint density at radius 3 is 2.61 bits per heavy atom. The first-order valence-electron chi connectivity index (χ1n) is 8.30. The molecule has 3 atom stereocenters. The molecule has 3 unspecified atom stereocenters. The summed E-state index contributed by atoms with van der Waals surface area (Å²) in [5, 5.41) is 7.71. The third kappa shape index (κ3) is 2.75. The van der Waals surface area contributed by atoms with Crippen LogP contribution >= 0.6 is 0 Å². The minimum absolute atomic E-state index is 0.700. The van der Waals surface area contributed by atoms with E-state index in [0.29, 0.717) is 5.41 Å². The summed E-state index contributed by atoms with van der Waals surface area (Å²) in [6, 6.07) is 1.62. The molecule has 2 saturated carbocycles. The van der Waals surface area contributed by atoms with Gasteiger partial charge in [0.2, 0.25) is 0 Å². The standard InChI is InChI=1S/C16H30N2/c1-2-16(9-10-16)12-18-15-7-4-3-6-13(15)14-8-5-11-17-14/h13-15,17-18H,2-12H2,1H3. The van der Waals surface area contributed by atoms with Crippen molar-refractivity contribution in [2.24, 2.45) is 11.3 Å². The smallest absolute Gasteiger partial charge is 0.0111 e. The summed E-state index contributed by atoms with van der Waals surface area (Å²) in [6.45, 7) is 4.91. The number of hydrogen-bond donors (Lipinski definition) is 2. The minimum Gasteiger partial charge on any atom is -0.314 e. The van der Waals surface area contributed by atoms with Gasteiger partial charge in [0.25, 0.3) is 0 Å². The van der Waals surface area contributed by atoms with E-state index in [1.165, 1.54) is 70.9 Å².